The van der Waals surface area contributed by atoms with Crippen LogP contribution >= 0.6 is 0 Å². The number of aromatic hydroxyl groups is 1. The van der Waals surface area contributed by atoms with Gasteiger partial charge in [-0.25, -0.2) is 9.79 Å². The van der Waals surface area contributed by atoms with E-state index in [4.69, 9.17) is 9.47 Å². The second-order valence-corrected chi connectivity index (χ2v) is 6.64. The molecule has 26 heavy (non-hydrogen) atoms. The maximum atomic E-state index is 12.8. The molecule has 0 saturated carbocycles. The zero-order valence-corrected chi connectivity index (χ0v) is 14.8. The van der Waals surface area contributed by atoms with E-state index in [2.05, 4.69) is 10.3 Å². The molecular weight excluding hydrogens is 336 g/mol. The van der Waals surface area contributed by atoms with Crippen LogP contribution < -0.4 is 5.32 Å². The van der Waals surface area contributed by atoms with Gasteiger partial charge in [-0.1, -0.05) is 19.1 Å². The summed E-state index contributed by atoms with van der Waals surface area (Å²) in [6.07, 6.45) is 2.22. The fraction of sp³-hybridized carbons (Fsp3) is 0.526. The highest BCUT2D eigenvalue weighted by molar-refractivity contribution is 6.09. The summed E-state index contributed by atoms with van der Waals surface area (Å²) < 4.78 is 10.9. The summed E-state index contributed by atoms with van der Waals surface area (Å²) in [5.41, 5.74) is 1.14. The van der Waals surface area contributed by atoms with Crippen molar-refractivity contribution in [2.75, 3.05) is 19.8 Å². The average Bonchev–Trinajstić information content (AvgIpc) is 2.66. The first kappa shape index (κ1) is 18.4. The number of carbonyl (C=O) groups excluding carboxylic acids is 2. The molecule has 2 atom stereocenters. The number of phenols is 1. The summed E-state index contributed by atoms with van der Waals surface area (Å²) in [5, 5.41) is 12.5. The van der Waals surface area contributed by atoms with Crippen molar-refractivity contribution < 1.29 is 24.2 Å². The van der Waals surface area contributed by atoms with Gasteiger partial charge in [0.15, 0.2) is 0 Å². The Labute approximate surface area is 152 Å². The smallest absolute Gasteiger partial charge is 0.341 e. The molecule has 1 aromatic rings. The van der Waals surface area contributed by atoms with Gasteiger partial charge in [0.25, 0.3) is 0 Å². The van der Waals surface area contributed by atoms with Crippen LogP contribution in [0, 0.1) is 11.8 Å². The number of esters is 1. The number of hydrogen-bond acceptors (Lipinski definition) is 5. The Balaban J connectivity index is 1.79. The van der Waals surface area contributed by atoms with E-state index in [0.717, 1.165) is 12.8 Å². The normalized spacial score (nSPS) is 23.9. The number of urea groups is 1. The van der Waals surface area contributed by atoms with Crippen molar-refractivity contribution in [1.29, 1.82) is 0 Å². The van der Waals surface area contributed by atoms with Crippen molar-refractivity contribution in [2.45, 2.75) is 32.2 Å². The van der Waals surface area contributed by atoms with Crippen LogP contribution in [0.25, 0.3) is 0 Å². The third kappa shape index (κ3) is 4.22. The van der Waals surface area contributed by atoms with E-state index in [1.807, 2.05) is 6.92 Å². The molecule has 7 heteroatoms. The third-order valence-corrected chi connectivity index (χ3v) is 4.86. The van der Waals surface area contributed by atoms with Crippen LogP contribution in [0.4, 0.5) is 4.79 Å². The van der Waals surface area contributed by atoms with Crippen LogP contribution in [0.5, 0.6) is 5.75 Å². The molecule has 0 bridgehead atoms. The standard InChI is InChI=1S/C19H24N2O5/c1-2-15-16(18(23)26-11-12-6-8-25-9-7-12)17(21-19(24)20-15)13-4-3-5-14(22)10-13/h3-5,10,12,16-17,22H,2,6-9,11H2,1H3,(H,21,24). The van der Waals surface area contributed by atoms with Gasteiger partial charge in [0, 0.05) is 18.9 Å². The van der Waals surface area contributed by atoms with Crippen LogP contribution in [0.1, 0.15) is 37.8 Å². The predicted octanol–water partition coefficient (Wildman–Crippen LogP) is 2.59. The van der Waals surface area contributed by atoms with Gasteiger partial charge in [-0.15, -0.1) is 0 Å². The molecule has 3 rings (SSSR count). The molecule has 2 N–H and O–H groups in total. The van der Waals surface area contributed by atoms with E-state index in [-0.39, 0.29) is 5.75 Å². The average molecular weight is 360 g/mol. The Morgan fingerprint density at radius 2 is 2.15 bits per heavy atom. The molecule has 2 heterocycles. The van der Waals surface area contributed by atoms with Gasteiger partial charge >= 0.3 is 12.0 Å². The van der Waals surface area contributed by atoms with Crippen molar-refractivity contribution in [3.05, 3.63) is 29.8 Å². The number of aliphatic imine (C=N–C) groups is 1. The van der Waals surface area contributed by atoms with Crippen molar-refractivity contribution in [3.63, 3.8) is 0 Å². The van der Waals surface area contributed by atoms with E-state index in [0.29, 0.717) is 43.4 Å². The first-order valence-electron chi connectivity index (χ1n) is 8.99. The van der Waals surface area contributed by atoms with Crippen molar-refractivity contribution >= 4 is 17.7 Å². The minimum Gasteiger partial charge on any atom is -0.508 e. The summed E-state index contributed by atoms with van der Waals surface area (Å²) in [6, 6.07) is 5.44. The summed E-state index contributed by atoms with van der Waals surface area (Å²) in [4.78, 5) is 28.8. The zero-order valence-electron chi connectivity index (χ0n) is 14.8. The molecule has 2 amide bonds. The number of ether oxygens (including phenoxy) is 2. The highest BCUT2D eigenvalue weighted by atomic mass is 16.5. The molecule has 2 aliphatic heterocycles. The van der Waals surface area contributed by atoms with Crippen LogP contribution in [-0.2, 0) is 14.3 Å². The number of carbonyl (C=O) groups is 2. The molecule has 0 aliphatic carbocycles. The van der Waals surface area contributed by atoms with Crippen LogP contribution in [0.2, 0.25) is 0 Å². The van der Waals surface area contributed by atoms with Gasteiger partial charge in [0.1, 0.15) is 11.7 Å². The Bertz CT molecular complexity index is 697. The molecule has 0 radical (unpaired) electrons. The first-order valence-corrected chi connectivity index (χ1v) is 8.99. The number of benzene rings is 1. The predicted molar refractivity (Wildman–Crippen MR) is 95.1 cm³/mol. The minimum absolute atomic E-state index is 0.0756. The Kier molecular flexibility index (Phi) is 5.88. The zero-order chi connectivity index (χ0) is 18.5. The molecule has 0 spiro atoms. The third-order valence-electron chi connectivity index (χ3n) is 4.86. The molecule has 2 unspecified atom stereocenters. The number of nitrogens with zero attached hydrogens (tertiary/aromatic N) is 1. The summed E-state index contributed by atoms with van der Waals surface area (Å²) in [7, 11) is 0. The number of hydrogen-bond donors (Lipinski definition) is 2. The van der Waals surface area contributed by atoms with Crippen molar-refractivity contribution in [2.24, 2.45) is 16.8 Å². The molecule has 1 saturated heterocycles. The second-order valence-electron chi connectivity index (χ2n) is 6.64. The molecule has 0 aromatic heterocycles. The van der Waals surface area contributed by atoms with Gasteiger partial charge < -0.3 is 19.9 Å². The van der Waals surface area contributed by atoms with E-state index < -0.39 is 24.0 Å². The summed E-state index contributed by atoms with van der Waals surface area (Å²) in [6.45, 7) is 3.58. The largest absolute Gasteiger partial charge is 0.508 e. The summed E-state index contributed by atoms with van der Waals surface area (Å²) in [5.74, 6) is -0.719. The molecule has 1 aromatic carbocycles. The van der Waals surface area contributed by atoms with Gasteiger partial charge in [0.2, 0.25) is 0 Å². The lowest BCUT2D eigenvalue weighted by Crippen LogP contribution is -2.45. The van der Waals surface area contributed by atoms with E-state index in [1.165, 1.54) is 0 Å². The van der Waals surface area contributed by atoms with Gasteiger partial charge in [0.05, 0.1) is 12.6 Å². The van der Waals surface area contributed by atoms with Crippen LogP contribution in [0.3, 0.4) is 0 Å². The fourth-order valence-corrected chi connectivity index (χ4v) is 3.41. The second kappa shape index (κ2) is 8.31. The maximum absolute atomic E-state index is 12.8. The van der Waals surface area contributed by atoms with Crippen LogP contribution in [-0.4, -0.2) is 42.6 Å². The first-order chi connectivity index (χ1) is 12.6. The van der Waals surface area contributed by atoms with Crippen molar-refractivity contribution in [1.82, 2.24) is 5.32 Å². The molecule has 7 nitrogen and oxygen atoms in total. The van der Waals surface area contributed by atoms with Crippen molar-refractivity contribution in [3.8, 4) is 5.75 Å². The highest BCUT2D eigenvalue weighted by Crippen LogP contribution is 2.31. The highest BCUT2D eigenvalue weighted by Gasteiger charge is 2.39. The molecule has 2 aliphatic rings. The van der Waals surface area contributed by atoms with Gasteiger partial charge in [-0.3, -0.25) is 4.79 Å². The molecule has 1 fully saturated rings. The number of amides is 2. The van der Waals surface area contributed by atoms with Gasteiger partial charge in [-0.2, -0.15) is 0 Å². The van der Waals surface area contributed by atoms with Crippen LogP contribution in [0.15, 0.2) is 29.3 Å². The van der Waals surface area contributed by atoms with Gasteiger partial charge in [-0.05, 0) is 42.9 Å². The monoisotopic (exact) mass is 360 g/mol. The van der Waals surface area contributed by atoms with E-state index >= 15 is 0 Å². The lowest BCUT2D eigenvalue weighted by molar-refractivity contribution is -0.149. The molecular formula is C19H24N2O5. The van der Waals surface area contributed by atoms with E-state index in [9.17, 15) is 14.7 Å². The Hall–Kier alpha value is -2.41. The SMILES string of the molecule is CCC1=NC(=O)NC(c2cccc(O)c2)C1C(=O)OCC1CCOCC1. The number of phenolic OH excluding ortho intramolecular Hbond substituents is 1. The number of rotatable bonds is 5. The fourth-order valence-electron chi connectivity index (χ4n) is 3.41. The number of nitrogens with one attached hydrogen (secondary N) is 1. The summed E-state index contributed by atoms with van der Waals surface area (Å²) >= 11 is 0. The topological polar surface area (TPSA) is 97.2 Å². The lowest BCUT2D eigenvalue weighted by Gasteiger charge is -2.31. The Morgan fingerprint density at radius 3 is 2.85 bits per heavy atom. The minimum atomic E-state index is -0.695. The Morgan fingerprint density at radius 1 is 1.38 bits per heavy atom. The lowest BCUT2D eigenvalue weighted by atomic mass is 9.86. The maximum Gasteiger partial charge on any atom is 0.341 e. The molecule has 140 valence electrons. The quantitative estimate of drug-likeness (QED) is 0.787. The van der Waals surface area contributed by atoms with E-state index in [1.54, 1.807) is 24.3 Å².